The van der Waals surface area contributed by atoms with E-state index in [1.807, 2.05) is 12.1 Å². The minimum Gasteiger partial charge on any atom is -0.494 e. The van der Waals surface area contributed by atoms with Gasteiger partial charge in [-0.15, -0.1) is 11.8 Å². The van der Waals surface area contributed by atoms with Gasteiger partial charge < -0.3 is 4.74 Å². The molecule has 1 aromatic carbocycles. The molecule has 96 valence electrons. The second-order valence-corrected chi connectivity index (χ2v) is 4.85. The SMILES string of the molecule is N#Cc1ccc(OCCCSc2cnccn2)cc1. The van der Waals surface area contributed by atoms with E-state index in [0.717, 1.165) is 22.9 Å². The van der Waals surface area contributed by atoms with Crippen LogP contribution in [0.1, 0.15) is 12.0 Å². The average Bonchev–Trinajstić information content (AvgIpc) is 2.49. The molecule has 0 fully saturated rings. The predicted octanol–water partition coefficient (Wildman–Crippen LogP) is 2.91. The predicted molar refractivity (Wildman–Crippen MR) is 74.0 cm³/mol. The van der Waals surface area contributed by atoms with Gasteiger partial charge in [-0.25, -0.2) is 4.98 Å². The first-order valence-corrected chi connectivity index (χ1v) is 6.89. The molecule has 2 aromatic rings. The zero-order chi connectivity index (χ0) is 13.3. The van der Waals surface area contributed by atoms with Crippen LogP contribution in [0.5, 0.6) is 5.75 Å². The third-order valence-electron chi connectivity index (χ3n) is 2.33. The Morgan fingerprint density at radius 2 is 2.05 bits per heavy atom. The Kier molecular flexibility index (Phi) is 5.20. The Balaban J connectivity index is 1.65. The molecule has 0 saturated heterocycles. The lowest BCUT2D eigenvalue weighted by Crippen LogP contribution is -1.98. The van der Waals surface area contributed by atoms with E-state index < -0.39 is 0 Å². The van der Waals surface area contributed by atoms with Crippen LogP contribution in [0, 0.1) is 11.3 Å². The second kappa shape index (κ2) is 7.39. The normalized spacial score (nSPS) is 9.84. The average molecular weight is 271 g/mol. The van der Waals surface area contributed by atoms with Crippen molar-refractivity contribution in [2.24, 2.45) is 0 Å². The number of hydrogen-bond acceptors (Lipinski definition) is 5. The maximum Gasteiger partial charge on any atom is 0.119 e. The quantitative estimate of drug-likeness (QED) is 0.597. The zero-order valence-electron chi connectivity index (χ0n) is 10.3. The smallest absolute Gasteiger partial charge is 0.119 e. The number of rotatable bonds is 6. The van der Waals surface area contributed by atoms with Gasteiger partial charge in [0.2, 0.25) is 0 Å². The van der Waals surface area contributed by atoms with Crippen LogP contribution in [0.25, 0.3) is 0 Å². The summed E-state index contributed by atoms with van der Waals surface area (Å²) in [5.41, 5.74) is 0.644. The summed E-state index contributed by atoms with van der Waals surface area (Å²) in [7, 11) is 0. The summed E-state index contributed by atoms with van der Waals surface area (Å²) in [6, 6.07) is 9.21. The van der Waals surface area contributed by atoms with Gasteiger partial charge in [-0.05, 0) is 30.7 Å². The van der Waals surface area contributed by atoms with Gasteiger partial charge in [-0.3, -0.25) is 4.98 Å². The lowest BCUT2D eigenvalue weighted by molar-refractivity contribution is 0.318. The highest BCUT2D eigenvalue weighted by Crippen LogP contribution is 2.15. The van der Waals surface area contributed by atoms with E-state index in [1.165, 1.54) is 0 Å². The molecule has 4 nitrogen and oxygen atoms in total. The number of nitriles is 1. The third kappa shape index (κ3) is 4.60. The highest BCUT2D eigenvalue weighted by Gasteiger charge is 1.97. The van der Waals surface area contributed by atoms with Crippen LogP contribution in [0.2, 0.25) is 0 Å². The largest absolute Gasteiger partial charge is 0.494 e. The fraction of sp³-hybridized carbons (Fsp3) is 0.214. The van der Waals surface area contributed by atoms with Gasteiger partial charge in [0.25, 0.3) is 0 Å². The molecule has 0 aliphatic carbocycles. The first-order valence-electron chi connectivity index (χ1n) is 5.90. The van der Waals surface area contributed by atoms with Crippen molar-refractivity contribution in [1.29, 1.82) is 5.26 Å². The molecule has 2 rings (SSSR count). The topological polar surface area (TPSA) is 58.8 Å². The monoisotopic (exact) mass is 271 g/mol. The van der Waals surface area contributed by atoms with Crippen LogP contribution in [0.15, 0.2) is 47.9 Å². The zero-order valence-corrected chi connectivity index (χ0v) is 11.1. The fourth-order valence-corrected chi connectivity index (χ4v) is 2.15. The Morgan fingerprint density at radius 3 is 2.74 bits per heavy atom. The summed E-state index contributed by atoms with van der Waals surface area (Å²) in [4.78, 5) is 8.19. The van der Waals surface area contributed by atoms with Gasteiger partial charge in [0.1, 0.15) is 10.8 Å². The van der Waals surface area contributed by atoms with Crippen molar-refractivity contribution >= 4 is 11.8 Å². The first-order chi connectivity index (χ1) is 9.38. The lowest BCUT2D eigenvalue weighted by Gasteiger charge is -2.05. The van der Waals surface area contributed by atoms with E-state index in [-0.39, 0.29) is 0 Å². The Labute approximate surface area is 116 Å². The van der Waals surface area contributed by atoms with Crippen molar-refractivity contribution in [3.8, 4) is 11.8 Å². The van der Waals surface area contributed by atoms with E-state index in [9.17, 15) is 0 Å². The molecular weight excluding hydrogens is 258 g/mol. The molecule has 0 atom stereocenters. The Morgan fingerprint density at radius 1 is 1.21 bits per heavy atom. The Bertz CT molecular complexity index is 537. The summed E-state index contributed by atoms with van der Waals surface area (Å²) in [6.07, 6.45) is 6.04. The molecule has 0 spiro atoms. The van der Waals surface area contributed by atoms with E-state index in [1.54, 1.807) is 42.5 Å². The van der Waals surface area contributed by atoms with E-state index in [2.05, 4.69) is 16.0 Å². The van der Waals surface area contributed by atoms with Crippen LogP contribution >= 0.6 is 11.8 Å². The van der Waals surface area contributed by atoms with Crippen molar-refractivity contribution in [2.75, 3.05) is 12.4 Å². The third-order valence-corrected chi connectivity index (χ3v) is 3.33. The lowest BCUT2D eigenvalue weighted by atomic mass is 10.2. The summed E-state index contributed by atoms with van der Waals surface area (Å²) >= 11 is 1.66. The summed E-state index contributed by atoms with van der Waals surface area (Å²) in [5, 5.41) is 9.61. The van der Waals surface area contributed by atoms with Crippen LogP contribution < -0.4 is 4.74 Å². The van der Waals surface area contributed by atoms with Crippen LogP contribution in [0.3, 0.4) is 0 Å². The maximum atomic E-state index is 8.68. The number of thioether (sulfide) groups is 1. The van der Waals surface area contributed by atoms with Gasteiger partial charge in [0, 0.05) is 18.1 Å². The molecule has 0 aliphatic heterocycles. The van der Waals surface area contributed by atoms with Crippen molar-refractivity contribution in [1.82, 2.24) is 9.97 Å². The molecule has 1 aromatic heterocycles. The van der Waals surface area contributed by atoms with Gasteiger partial charge in [-0.2, -0.15) is 5.26 Å². The van der Waals surface area contributed by atoms with Crippen LogP contribution in [0.4, 0.5) is 0 Å². The standard InChI is InChI=1S/C14H13N3OS/c15-10-12-2-4-13(5-3-12)18-8-1-9-19-14-11-16-6-7-17-14/h2-7,11H,1,8-9H2. The maximum absolute atomic E-state index is 8.68. The molecule has 0 radical (unpaired) electrons. The Hall–Kier alpha value is -2.06. The van der Waals surface area contributed by atoms with Crippen molar-refractivity contribution in [3.63, 3.8) is 0 Å². The molecule has 19 heavy (non-hydrogen) atoms. The molecule has 0 bridgehead atoms. The molecule has 0 amide bonds. The van der Waals surface area contributed by atoms with Crippen LogP contribution in [-0.4, -0.2) is 22.3 Å². The number of ether oxygens (including phenoxy) is 1. The second-order valence-electron chi connectivity index (χ2n) is 3.73. The highest BCUT2D eigenvalue weighted by atomic mass is 32.2. The summed E-state index contributed by atoms with van der Waals surface area (Å²) in [6.45, 7) is 0.652. The van der Waals surface area contributed by atoms with E-state index >= 15 is 0 Å². The number of nitrogens with zero attached hydrogens (tertiary/aromatic N) is 3. The van der Waals surface area contributed by atoms with Crippen molar-refractivity contribution in [2.45, 2.75) is 11.4 Å². The molecule has 0 N–H and O–H groups in total. The molecule has 0 saturated carbocycles. The molecular formula is C14H13N3OS. The highest BCUT2D eigenvalue weighted by molar-refractivity contribution is 7.99. The number of benzene rings is 1. The van der Waals surface area contributed by atoms with Crippen molar-refractivity contribution in [3.05, 3.63) is 48.4 Å². The van der Waals surface area contributed by atoms with E-state index in [4.69, 9.17) is 10.00 Å². The molecule has 5 heteroatoms. The minimum absolute atomic E-state index is 0.644. The summed E-state index contributed by atoms with van der Waals surface area (Å²) < 4.78 is 5.58. The van der Waals surface area contributed by atoms with Gasteiger partial charge in [0.15, 0.2) is 0 Å². The molecule has 1 heterocycles. The number of hydrogen-bond donors (Lipinski definition) is 0. The van der Waals surface area contributed by atoms with E-state index in [0.29, 0.717) is 12.2 Å². The fourth-order valence-electron chi connectivity index (χ4n) is 1.41. The van der Waals surface area contributed by atoms with Crippen molar-refractivity contribution < 1.29 is 4.74 Å². The molecule has 0 unspecified atom stereocenters. The van der Waals surface area contributed by atoms with Gasteiger partial charge in [-0.1, -0.05) is 0 Å². The number of aromatic nitrogens is 2. The summed E-state index contributed by atoms with van der Waals surface area (Å²) in [5.74, 6) is 1.73. The first kappa shape index (κ1) is 13.4. The van der Waals surface area contributed by atoms with Gasteiger partial charge in [0.05, 0.1) is 24.4 Å². The van der Waals surface area contributed by atoms with Gasteiger partial charge >= 0.3 is 0 Å². The van der Waals surface area contributed by atoms with Crippen LogP contribution in [-0.2, 0) is 0 Å². The molecule has 0 aliphatic rings. The minimum atomic E-state index is 0.644.